The molecule has 0 saturated heterocycles. The number of rotatable bonds is 6. The highest BCUT2D eigenvalue weighted by molar-refractivity contribution is 7.97. The normalized spacial score (nSPS) is 15.0. The van der Waals surface area contributed by atoms with Crippen LogP contribution >= 0.6 is 23.7 Å². The van der Waals surface area contributed by atoms with E-state index in [1.807, 2.05) is 0 Å². The predicted octanol–water partition coefficient (Wildman–Crippen LogP) is 3.87. The van der Waals surface area contributed by atoms with Gasteiger partial charge in [0.2, 0.25) is 0 Å². The lowest BCUT2D eigenvalue weighted by molar-refractivity contribution is 0.0952. The Morgan fingerprint density at radius 2 is 1.97 bits per heavy atom. The van der Waals surface area contributed by atoms with Crippen LogP contribution in [0.3, 0.4) is 0 Å². The minimum atomic E-state index is -4.02. The summed E-state index contributed by atoms with van der Waals surface area (Å²) in [5.41, 5.74) is 1.31. The fourth-order valence-electron chi connectivity index (χ4n) is 2.94. The predicted molar refractivity (Wildman–Crippen MR) is 119 cm³/mol. The molecule has 0 bridgehead atoms. The second kappa shape index (κ2) is 8.66. The van der Waals surface area contributed by atoms with Gasteiger partial charge in [-0.2, -0.15) is 0 Å². The first-order valence-electron chi connectivity index (χ1n) is 8.99. The van der Waals surface area contributed by atoms with E-state index in [9.17, 15) is 17.6 Å². The molecule has 0 unspecified atom stereocenters. The maximum Gasteiger partial charge on any atom is 0.264 e. The summed E-state index contributed by atoms with van der Waals surface area (Å²) in [5.74, 6) is -0.879. The van der Waals surface area contributed by atoms with Crippen molar-refractivity contribution in [2.45, 2.75) is 6.54 Å². The monoisotopic (exact) mass is 478 g/mol. The van der Waals surface area contributed by atoms with Crippen molar-refractivity contribution < 1.29 is 17.6 Å². The zero-order valence-corrected chi connectivity index (χ0v) is 18.2. The third-order valence-corrected chi connectivity index (χ3v) is 6.82. The van der Waals surface area contributed by atoms with Crippen LogP contribution in [0.2, 0.25) is 5.02 Å². The van der Waals surface area contributed by atoms with Gasteiger partial charge < -0.3 is 10.0 Å². The summed E-state index contributed by atoms with van der Waals surface area (Å²) in [6.45, 7) is 0.147. The number of anilines is 1. The summed E-state index contributed by atoms with van der Waals surface area (Å²) in [7, 11) is -4.02. The largest absolute Gasteiger partial charge is 0.348 e. The number of nitrogens with one attached hydrogen (secondary N) is 3. The Bertz CT molecular complexity index is 1230. The van der Waals surface area contributed by atoms with Gasteiger partial charge in [-0.25, -0.2) is 12.8 Å². The molecule has 0 saturated carbocycles. The van der Waals surface area contributed by atoms with Crippen molar-refractivity contribution in [3.05, 3.63) is 99.6 Å². The molecule has 0 fully saturated rings. The molecule has 0 radical (unpaired) electrons. The molecule has 31 heavy (non-hydrogen) atoms. The third-order valence-electron chi connectivity index (χ3n) is 4.43. The lowest BCUT2D eigenvalue weighted by Crippen LogP contribution is -2.26. The highest BCUT2D eigenvalue weighted by Gasteiger charge is 2.30. The van der Waals surface area contributed by atoms with Crippen molar-refractivity contribution >= 4 is 45.4 Å². The SMILES string of the molecule is O=C(NCc1ccc(F)cc1)c1ccc(Cl)cc1NS(=O)(=O)C1=CC=CN2SNC=C12. The molecule has 0 atom stereocenters. The van der Waals surface area contributed by atoms with E-state index >= 15 is 0 Å². The van der Waals surface area contributed by atoms with Crippen molar-refractivity contribution in [3.8, 4) is 0 Å². The van der Waals surface area contributed by atoms with Crippen LogP contribution < -0.4 is 14.8 Å². The number of halogens is 2. The molecule has 0 aliphatic carbocycles. The minimum Gasteiger partial charge on any atom is -0.348 e. The summed E-state index contributed by atoms with van der Waals surface area (Å²) in [6.07, 6.45) is 6.38. The molecular formula is C20H16ClFN4O3S2. The van der Waals surface area contributed by atoms with Crippen LogP contribution in [0.15, 0.2) is 77.6 Å². The van der Waals surface area contributed by atoms with Gasteiger partial charge in [-0.15, -0.1) is 0 Å². The number of fused-ring (bicyclic) bond motifs is 1. The average molecular weight is 479 g/mol. The smallest absolute Gasteiger partial charge is 0.264 e. The van der Waals surface area contributed by atoms with E-state index in [0.29, 0.717) is 11.3 Å². The molecule has 7 nitrogen and oxygen atoms in total. The molecule has 0 spiro atoms. The Hall–Kier alpha value is -2.95. The molecule has 1 amide bonds. The van der Waals surface area contributed by atoms with Crippen LogP contribution in [-0.4, -0.2) is 18.6 Å². The maximum absolute atomic E-state index is 13.1. The van der Waals surface area contributed by atoms with E-state index in [2.05, 4.69) is 14.8 Å². The van der Waals surface area contributed by atoms with Crippen LogP contribution in [0, 0.1) is 5.82 Å². The number of nitrogens with zero attached hydrogens (tertiary/aromatic N) is 1. The lowest BCUT2D eigenvalue weighted by atomic mass is 10.1. The van der Waals surface area contributed by atoms with Crippen molar-refractivity contribution in [2.75, 3.05) is 4.72 Å². The van der Waals surface area contributed by atoms with Gasteiger partial charge in [0.1, 0.15) is 10.7 Å². The van der Waals surface area contributed by atoms with Crippen LogP contribution in [0.4, 0.5) is 10.1 Å². The van der Waals surface area contributed by atoms with E-state index in [4.69, 9.17) is 11.6 Å². The maximum atomic E-state index is 13.1. The van der Waals surface area contributed by atoms with Crippen molar-refractivity contribution in [3.63, 3.8) is 0 Å². The second-order valence-electron chi connectivity index (χ2n) is 6.54. The van der Waals surface area contributed by atoms with Gasteiger partial charge in [-0.3, -0.25) is 13.8 Å². The average Bonchev–Trinajstić information content (AvgIpc) is 3.22. The van der Waals surface area contributed by atoms with Gasteiger partial charge in [0.05, 0.1) is 29.1 Å². The van der Waals surface area contributed by atoms with Crippen LogP contribution in [0.1, 0.15) is 15.9 Å². The summed E-state index contributed by atoms with van der Waals surface area (Å²) in [6, 6.07) is 10.0. The van der Waals surface area contributed by atoms with E-state index in [0.717, 1.165) is 0 Å². The molecule has 0 aromatic heterocycles. The van der Waals surface area contributed by atoms with Gasteiger partial charge in [0.15, 0.2) is 0 Å². The summed E-state index contributed by atoms with van der Waals surface area (Å²) >= 11 is 7.28. The molecule has 2 aromatic carbocycles. The summed E-state index contributed by atoms with van der Waals surface area (Å²) in [4.78, 5) is 12.8. The Balaban J connectivity index is 1.56. The van der Waals surface area contributed by atoms with Crippen LogP contribution in [-0.2, 0) is 16.6 Å². The number of allylic oxidation sites excluding steroid dienone is 2. The summed E-state index contributed by atoms with van der Waals surface area (Å²) < 4.78 is 46.2. The number of amides is 1. The number of carbonyl (C=O) groups excluding carboxylic acids is 1. The fourth-order valence-corrected chi connectivity index (χ4v) is 5.09. The Morgan fingerprint density at radius 3 is 2.74 bits per heavy atom. The third kappa shape index (κ3) is 4.71. The quantitative estimate of drug-likeness (QED) is 0.546. The van der Waals surface area contributed by atoms with Gasteiger partial charge >= 0.3 is 0 Å². The van der Waals surface area contributed by atoms with E-state index in [1.165, 1.54) is 48.5 Å². The van der Waals surface area contributed by atoms with Gasteiger partial charge in [0, 0.05) is 24.0 Å². The molecule has 11 heteroatoms. The summed E-state index contributed by atoms with van der Waals surface area (Å²) in [5, 5.41) is 2.97. The number of sulfonamides is 1. The second-order valence-corrected chi connectivity index (χ2v) is 9.44. The zero-order chi connectivity index (χ0) is 22.0. The first kappa shape index (κ1) is 21.3. The van der Waals surface area contributed by atoms with Crippen LogP contribution in [0.5, 0.6) is 0 Å². The highest BCUT2D eigenvalue weighted by atomic mass is 35.5. The Labute approximate surface area is 188 Å². The fraction of sp³-hybridized carbons (Fsp3) is 0.0500. The van der Waals surface area contributed by atoms with Crippen molar-refractivity contribution in [1.82, 2.24) is 14.3 Å². The van der Waals surface area contributed by atoms with E-state index in [1.54, 1.807) is 34.9 Å². The molecule has 160 valence electrons. The van der Waals surface area contributed by atoms with Crippen LogP contribution in [0.25, 0.3) is 0 Å². The number of carbonyl (C=O) groups is 1. The minimum absolute atomic E-state index is 0.0464. The Morgan fingerprint density at radius 1 is 1.19 bits per heavy atom. The van der Waals surface area contributed by atoms with E-state index in [-0.39, 0.29) is 33.5 Å². The first-order chi connectivity index (χ1) is 14.8. The molecule has 3 N–H and O–H groups in total. The zero-order valence-electron chi connectivity index (χ0n) is 15.8. The molecule has 4 rings (SSSR count). The standard InChI is InChI=1S/C20H16ClFN4O3S2/c21-14-5-8-16(20(27)23-11-13-3-6-15(22)7-4-13)17(10-14)25-31(28,29)19-2-1-9-26-18(19)12-24-30-26/h1-10,12,24-25H,11H2,(H,23,27). The first-order valence-corrected chi connectivity index (χ1v) is 11.6. The molecular weight excluding hydrogens is 463 g/mol. The van der Waals surface area contributed by atoms with Crippen molar-refractivity contribution in [2.24, 2.45) is 0 Å². The number of hydrogen-bond donors (Lipinski definition) is 3. The Kier molecular flexibility index (Phi) is 5.94. The molecule has 2 aliphatic rings. The molecule has 2 heterocycles. The van der Waals surface area contributed by atoms with Gasteiger partial charge in [-0.05, 0) is 48.0 Å². The van der Waals surface area contributed by atoms with Crippen molar-refractivity contribution in [1.29, 1.82) is 0 Å². The van der Waals surface area contributed by atoms with Gasteiger partial charge in [-0.1, -0.05) is 23.7 Å². The van der Waals surface area contributed by atoms with E-state index < -0.39 is 15.9 Å². The highest BCUT2D eigenvalue weighted by Crippen LogP contribution is 2.34. The molecule has 2 aliphatic heterocycles. The number of benzene rings is 2. The lowest BCUT2D eigenvalue weighted by Gasteiger charge is -2.21. The number of hydrogen-bond acceptors (Lipinski definition) is 6. The molecule has 2 aromatic rings. The van der Waals surface area contributed by atoms with Gasteiger partial charge in [0.25, 0.3) is 15.9 Å². The topological polar surface area (TPSA) is 90.5 Å².